The number of fused-ring (bicyclic) bond motifs is 3. The van der Waals surface area contributed by atoms with Crippen molar-refractivity contribution >= 4 is 28.1 Å². The number of methoxy groups -OCH3 is 4. The summed E-state index contributed by atoms with van der Waals surface area (Å²) >= 11 is 0. The molecule has 0 aliphatic heterocycles. The third kappa shape index (κ3) is 4.53. The van der Waals surface area contributed by atoms with Crippen LogP contribution in [0.3, 0.4) is 0 Å². The summed E-state index contributed by atoms with van der Waals surface area (Å²) in [4.78, 5) is 11.9. The van der Waals surface area contributed by atoms with E-state index in [2.05, 4.69) is 40.9 Å². The molecular formula is C35H29NO5. The largest absolute Gasteiger partial charge is 0.493 e. The van der Waals surface area contributed by atoms with Gasteiger partial charge in [0.15, 0.2) is 28.8 Å². The molecule has 0 radical (unpaired) electrons. The first-order valence-electron chi connectivity index (χ1n) is 13.2. The Kier molecular flexibility index (Phi) is 6.81. The van der Waals surface area contributed by atoms with Crippen molar-refractivity contribution in [2.45, 2.75) is 0 Å². The molecule has 5 aromatic rings. The van der Waals surface area contributed by atoms with Crippen molar-refractivity contribution in [2.24, 2.45) is 0 Å². The number of carbonyl (C=O) groups excluding carboxylic acids is 1. The molecule has 0 saturated heterocycles. The Morgan fingerprint density at radius 1 is 0.634 bits per heavy atom. The molecule has 0 bridgehead atoms. The first kappa shape index (κ1) is 26.0. The van der Waals surface area contributed by atoms with Crippen LogP contribution < -0.4 is 18.9 Å². The van der Waals surface area contributed by atoms with Crippen molar-refractivity contribution in [3.8, 4) is 45.3 Å². The Hall–Kier alpha value is -5.23. The Bertz CT molecular complexity index is 1880. The fourth-order valence-corrected chi connectivity index (χ4v) is 5.45. The van der Waals surface area contributed by atoms with Gasteiger partial charge in [-0.05, 0) is 70.6 Å². The molecule has 1 aliphatic rings. The van der Waals surface area contributed by atoms with Crippen LogP contribution in [0.4, 0.5) is 0 Å². The van der Waals surface area contributed by atoms with Crippen LogP contribution in [0.15, 0.2) is 103 Å². The number of carbonyl (C=O) groups is 1. The molecule has 0 N–H and O–H groups in total. The number of ketones is 1. The van der Waals surface area contributed by atoms with Crippen LogP contribution in [0, 0.1) is 0 Å². The van der Waals surface area contributed by atoms with Gasteiger partial charge in [-0.25, -0.2) is 0 Å². The van der Waals surface area contributed by atoms with Gasteiger partial charge in [-0.2, -0.15) is 0 Å². The van der Waals surface area contributed by atoms with Gasteiger partial charge in [0.25, 0.3) is 0 Å². The third-order valence-electron chi connectivity index (χ3n) is 7.38. The Morgan fingerprint density at radius 2 is 1.29 bits per heavy atom. The lowest BCUT2D eigenvalue weighted by Crippen LogP contribution is -1.95. The summed E-state index contributed by atoms with van der Waals surface area (Å²) in [6.07, 6.45) is 11.1. The highest BCUT2D eigenvalue weighted by molar-refractivity contribution is 6.11. The van der Waals surface area contributed by atoms with E-state index in [1.165, 1.54) is 0 Å². The van der Waals surface area contributed by atoms with Gasteiger partial charge < -0.3 is 23.3 Å². The summed E-state index contributed by atoms with van der Waals surface area (Å²) in [5.41, 5.74) is 7.00. The SMILES string of the molecule is COc1ccc(-c2c(-c3ccccc3)c(C=C3C=CC(=O)C=C3)n3ccc4cc(OC)c(OC)cc4c23)cc1OC. The number of nitrogens with zero attached hydrogens (tertiary/aromatic N) is 1. The van der Waals surface area contributed by atoms with Crippen LogP contribution in [-0.4, -0.2) is 38.6 Å². The molecule has 0 saturated carbocycles. The second-order valence-electron chi connectivity index (χ2n) is 9.61. The molecule has 6 heteroatoms. The van der Waals surface area contributed by atoms with E-state index in [0.717, 1.165) is 49.8 Å². The quantitative estimate of drug-likeness (QED) is 0.212. The Balaban J connectivity index is 1.81. The molecule has 2 heterocycles. The van der Waals surface area contributed by atoms with Crippen molar-refractivity contribution in [3.63, 3.8) is 0 Å². The minimum Gasteiger partial charge on any atom is -0.493 e. The molecule has 0 unspecified atom stereocenters. The Morgan fingerprint density at radius 3 is 1.98 bits per heavy atom. The van der Waals surface area contributed by atoms with Gasteiger partial charge in [0.2, 0.25) is 0 Å². The maximum Gasteiger partial charge on any atom is 0.178 e. The van der Waals surface area contributed by atoms with E-state index in [1.807, 2.05) is 54.6 Å². The molecule has 0 amide bonds. The van der Waals surface area contributed by atoms with Gasteiger partial charge in [-0.15, -0.1) is 0 Å². The van der Waals surface area contributed by atoms with Gasteiger partial charge in [0, 0.05) is 22.7 Å². The van der Waals surface area contributed by atoms with Crippen LogP contribution in [0.1, 0.15) is 5.69 Å². The number of aromatic nitrogens is 1. The van der Waals surface area contributed by atoms with E-state index in [-0.39, 0.29) is 5.78 Å². The summed E-state index contributed by atoms with van der Waals surface area (Å²) in [5, 5.41) is 2.01. The van der Waals surface area contributed by atoms with Gasteiger partial charge in [-0.1, -0.05) is 48.6 Å². The van der Waals surface area contributed by atoms with Crippen LogP contribution in [0.25, 0.3) is 44.6 Å². The lowest BCUT2D eigenvalue weighted by molar-refractivity contribution is -0.110. The van der Waals surface area contributed by atoms with Crippen molar-refractivity contribution in [2.75, 3.05) is 28.4 Å². The van der Waals surface area contributed by atoms with Crippen LogP contribution in [0.2, 0.25) is 0 Å². The van der Waals surface area contributed by atoms with E-state index in [9.17, 15) is 4.79 Å². The van der Waals surface area contributed by atoms with E-state index >= 15 is 0 Å². The Labute approximate surface area is 238 Å². The minimum absolute atomic E-state index is 0.0245. The summed E-state index contributed by atoms with van der Waals surface area (Å²) in [6.45, 7) is 0. The number of rotatable bonds is 7. The second kappa shape index (κ2) is 10.7. The first-order valence-corrected chi connectivity index (χ1v) is 13.2. The number of pyridine rings is 1. The topological polar surface area (TPSA) is 58.4 Å². The normalized spacial score (nSPS) is 12.7. The van der Waals surface area contributed by atoms with Crippen molar-refractivity contribution < 1.29 is 23.7 Å². The summed E-state index contributed by atoms with van der Waals surface area (Å²) in [7, 11) is 6.56. The third-order valence-corrected chi connectivity index (χ3v) is 7.38. The predicted octanol–water partition coefficient (Wildman–Crippen LogP) is 7.54. The maximum atomic E-state index is 11.9. The summed E-state index contributed by atoms with van der Waals surface area (Å²) < 4.78 is 24.8. The predicted molar refractivity (Wildman–Crippen MR) is 163 cm³/mol. The number of allylic oxidation sites excluding steroid dienone is 5. The zero-order chi connectivity index (χ0) is 28.5. The van der Waals surface area contributed by atoms with Gasteiger partial charge in [-0.3, -0.25) is 4.79 Å². The molecule has 204 valence electrons. The highest BCUT2D eigenvalue weighted by Crippen LogP contribution is 2.47. The first-order chi connectivity index (χ1) is 20.1. The van der Waals surface area contributed by atoms with Gasteiger partial charge >= 0.3 is 0 Å². The zero-order valence-electron chi connectivity index (χ0n) is 23.3. The second-order valence-corrected chi connectivity index (χ2v) is 9.61. The molecule has 3 aromatic carbocycles. The molecular weight excluding hydrogens is 514 g/mol. The highest BCUT2D eigenvalue weighted by Gasteiger charge is 2.24. The fraction of sp³-hybridized carbons (Fsp3) is 0.114. The zero-order valence-corrected chi connectivity index (χ0v) is 23.3. The molecule has 0 fully saturated rings. The molecule has 6 nitrogen and oxygen atoms in total. The van der Waals surface area contributed by atoms with Crippen molar-refractivity contribution in [3.05, 3.63) is 108 Å². The van der Waals surface area contributed by atoms with Crippen LogP contribution >= 0.6 is 0 Å². The average Bonchev–Trinajstić information content (AvgIpc) is 3.35. The van der Waals surface area contributed by atoms with Gasteiger partial charge in [0.05, 0.1) is 39.6 Å². The summed E-state index contributed by atoms with van der Waals surface area (Å²) in [5.74, 6) is 2.58. The minimum atomic E-state index is -0.0245. The van der Waals surface area contributed by atoms with E-state index in [1.54, 1.807) is 40.6 Å². The number of benzene rings is 3. The van der Waals surface area contributed by atoms with Crippen molar-refractivity contribution in [1.29, 1.82) is 0 Å². The standard InChI is InChI=1S/C35H29NO5/c1-38-29-15-12-25(20-30(29)39-2)34-33(23-8-6-5-7-9-23)28(18-22-10-13-26(37)14-11-22)36-17-16-24-19-31(40-3)32(41-4)21-27(24)35(34)36/h5-21H,1-4H3. The van der Waals surface area contributed by atoms with Crippen molar-refractivity contribution in [1.82, 2.24) is 4.40 Å². The van der Waals surface area contributed by atoms with E-state index < -0.39 is 0 Å². The van der Waals surface area contributed by atoms with Crippen LogP contribution in [0.5, 0.6) is 23.0 Å². The molecule has 6 rings (SSSR count). The smallest absolute Gasteiger partial charge is 0.178 e. The fourth-order valence-electron chi connectivity index (χ4n) is 5.45. The highest BCUT2D eigenvalue weighted by atomic mass is 16.5. The van der Waals surface area contributed by atoms with Gasteiger partial charge in [0.1, 0.15) is 0 Å². The van der Waals surface area contributed by atoms with Crippen LogP contribution in [-0.2, 0) is 4.79 Å². The molecule has 0 spiro atoms. The molecule has 1 aliphatic carbocycles. The van der Waals surface area contributed by atoms with E-state index in [4.69, 9.17) is 18.9 Å². The number of hydrogen-bond acceptors (Lipinski definition) is 5. The average molecular weight is 544 g/mol. The molecule has 0 atom stereocenters. The monoisotopic (exact) mass is 543 g/mol. The molecule has 41 heavy (non-hydrogen) atoms. The lowest BCUT2D eigenvalue weighted by atomic mass is 9.93. The summed E-state index contributed by atoms with van der Waals surface area (Å²) in [6, 6.07) is 22.4. The lowest BCUT2D eigenvalue weighted by Gasteiger charge is -2.13. The number of hydrogen-bond donors (Lipinski definition) is 0. The molecule has 2 aromatic heterocycles. The maximum absolute atomic E-state index is 11.9. The number of ether oxygens (including phenoxy) is 4. The van der Waals surface area contributed by atoms with E-state index in [0.29, 0.717) is 23.0 Å².